The summed E-state index contributed by atoms with van der Waals surface area (Å²) in [6, 6.07) is 0. The number of hydrogen-bond acceptors (Lipinski definition) is 4. The molecule has 0 aromatic carbocycles. The van der Waals surface area contributed by atoms with Crippen LogP contribution in [-0.4, -0.2) is 22.3 Å². The van der Waals surface area contributed by atoms with Gasteiger partial charge in [-0.25, -0.2) is 4.79 Å². The third-order valence-electron chi connectivity index (χ3n) is 1.86. The Hall–Kier alpha value is -1.10. The minimum atomic E-state index is -0.882. The number of rotatable bonds is 6. The Labute approximate surface area is 76.2 Å². The summed E-state index contributed by atoms with van der Waals surface area (Å²) in [5.41, 5.74) is 0. The third kappa shape index (κ3) is 5.19. The first-order chi connectivity index (χ1) is 6.11. The number of carboxylic acids is 1. The molecule has 0 fully saturated rings. The fourth-order valence-electron chi connectivity index (χ4n) is 1.06. The van der Waals surface area contributed by atoms with Crippen molar-refractivity contribution >= 4 is 11.9 Å². The second-order valence-electron chi connectivity index (χ2n) is 2.80. The van der Waals surface area contributed by atoms with Crippen LogP contribution in [0.3, 0.4) is 0 Å². The molecule has 2 N–H and O–H groups in total. The van der Waals surface area contributed by atoms with Crippen molar-refractivity contribution in [2.75, 3.05) is 0 Å². The summed E-state index contributed by atoms with van der Waals surface area (Å²) in [6.45, 7) is 1.78. The van der Waals surface area contributed by atoms with Gasteiger partial charge in [0.25, 0.3) is 0 Å². The van der Waals surface area contributed by atoms with Gasteiger partial charge in [0.05, 0.1) is 5.92 Å². The van der Waals surface area contributed by atoms with Gasteiger partial charge in [-0.15, -0.1) is 0 Å². The van der Waals surface area contributed by atoms with Gasteiger partial charge in [0.15, 0.2) is 0 Å². The van der Waals surface area contributed by atoms with Crippen LogP contribution in [0.5, 0.6) is 0 Å². The SMILES string of the molecule is CCC(CCCC(=O)O)C(=O)OO. The molecule has 5 nitrogen and oxygen atoms in total. The number of carbonyl (C=O) groups excluding carboxylic acids is 1. The standard InChI is InChI=1S/C8H14O5/c1-2-6(8(11)13-12)4-3-5-7(9)10/h6,12H,2-5H2,1H3,(H,9,10). The lowest BCUT2D eigenvalue weighted by Crippen LogP contribution is -2.15. The van der Waals surface area contributed by atoms with E-state index in [4.69, 9.17) is 10.4 Å². The Morgan fingerprint density at radius 3 is 2.46 bits per heavy atom. The minimum Gasteiger partial charge on any atom is -0.481 e. The molecule has 0 aliphatic heterocycles. The fourth-order valence-corrected chi connectivity index (χ4v) is 1.06. The molecule has 1 unspecified atom stereocenters. The first-order valence-corrected chi connectivity index (χ1v) is 4.18. The van der Waals surface area contributed by atoms with Crippen molar-refractivity contribution in [2.45, 2.75) is 32.6 Å². The molecule has 0 bridgehead atoms. The van der Waals surface area contributed by atoms with Gasteiger partial charge < -0.3 is 9.99 Å². The van der Waals surface area contributed by atoms with E-state index in [-0.39, 0.29) is 6.42 Å². The van der Waals surface area contributed by atoms with Gasteiger partial charge >= 0.3 is 11.9 Å². The van der Waals surface area contributed by atoms with Crippen LogP contribution >= 0.6 is 0 Å². The summed E-state index contributed by atoms with van der Waals surface area (Å²) in [7, 11) is 0. The van der Waals surface area contributed by atoms with Gasteiger partial charge in [-0.05, 0) is 19.3 Å². The lowest BCUT2D eigenvalue weighted by atomic mass is 10.00. The van der Waals surface area contributed by atoms with E-state index in [2.05, 4.69) is 4.89 Å². The molecule has 0 heterocycles. The quantitative estimate of drug-likeness (QED) is 0.487. The van der Waals surface area contributed by atoms with E-state index < -0.39 is 17.9 Å². The summed E-state index contributed by atoms with van der Waals surface area (Å²) in [5.74, 6) is -1.97. The van der Waals surface area contributed by atoms with Crippen molar-refractivity contribution in [3.8, 4) is 0 Å². The molecule has 0 amide bonds. The van der Waals surface area contributed by atoms with Gasteiger partial charge in [0.1, 0.15) is 0 Å². The molecular weight excluding hydrogens is 176 g/mol. The van der Waals surface area contributed by atoms with E-state index >= 15 is 0 Å². The first kappa shape index (κ1) is 11.9. The maximum absolute atomic E-state index is 10.8. The van der Waals surface area contributed by atoms with Crippen LogP contribution in [-0.2, 0) is 14.5 Å². The van der Waals surface area contributed by atoms with Crippen molar-refractivity contribution in [2.24, 2.45) is 5.92 Å². The Morgan fingerprint density at radius 1 is 1.46 bits per heavy atom. The van der Waals surface area contributed by atoms with Gasteiger partial charge in [0.2, 0.25) is 0 Å². The van der Waals surface area contributed by atoms with Crippen LogP contribution in [0.1, 0.15) is 32.6 Å². The van der Waals surface area contributed by atoms with Crippen LogP contribution in [0.25, 0.3) is 0 Å². The third-order valence-corrected chi connectivity index (χ3v) is 1.86. The van der Waals surface area contributed by atoms with E-state index in [0.717, 1.165) is 0 Å². The van der Waals surface area contributed by atoms with Crippen molar-refractivity contribution in [1.82, 2.24) is 0 Å². The van der Waals surface area contributed by atoms with Crippen molar-refractivity contribution in [3.63, 3.8) is 0 Å². The normalized spacial score (nSPS) is 12.2. The van der Waals surface area contributed by atoms with E-state index in [0.29, 0.717) is 19.3 Å². The average Bonchev–Trinajstić information content (AvgIpc) is 2.11. The molecule has 0 spiro atoms. The van der Waals surface area contributed by atoms with E-state index in [9.17, 15) is 9.59 Å². The van der Waals surface area contributed by atoms with Crippen molar-refractivity contribution in [1.29, 1.82) is 0 Å². The van der Waals surface area contributed by atoms with Crippen LogP contribution in [0, 0.1) is 5.92 Å². The topological polar surface area (TPSA) is 83.8 Å². The number of carbonyl (C=O) groups is 2. The molecule has 0 saturated carbocycles. The lowest BCUT2D eigenvalue weighted by Gasteiger charge is -2.08. The minimum absolute atomic E-state index is 0.0369. The molecular formula is C8H14O5. The molecule has 0 aliphatic carbocycles. The molecule has 1 atom stereocenters. The van der Waals surface area contributed by atoms with E-state index in [1.165, 1.54) is 0 Å². The molecule has 0 rings (SSSR count). The van der Waals surface area contributed by atoms with Crippen molar-refractivity contribution < 1.29 is 24.8 Å². The zero-order valence-electron chi connectivity index (χ0n) is 7.52. The summed E-state index contributed by atoms with van der Waals surface area (Å²) in [5, 5.41) is 16.4. The second-order valence-corrected chi connectivity index (χ2v) is 2.80. The molecule has 0 aliphatic rings. The molecule has 5 heteroatoms. The molecule has 0 radical (unpaired) electrons. The summed E-state index contributed by atoms with van der Waals surface area (Å²) in [4.78, 5) is 24.5. The number of aliphatic carboxylic acids is 1. The molecule has 0 aromatic heterocycles. The van der Waals surface area contributed by atoms with Crippen molar-refractivity contribution in [3.05, 3.63) is 0 Å². The predicted molar refractivity (Wildman–Crippen MR) is 44.0 cm³/mol. The number of carboxylic acid groups (broad SMARTS) is 1. The second kappa shape index (κ2) is 6.42. The smallest absolute Gasteiger partial charge is 0.345 e. The summed E-state index contributed by atoms with van der Waals surface area (Å²) >= 11 is 0. The van der Waals surface area contributed by atoms with E-state index in [1.807, 2.05) is 0 Å². The Bertz CT molecular complexity index is 177. The molecule has 0 saturated heterocycles. The summed E-state index contributed by atoms with van der Waals surface area (Å²) in [6.07, 6.45) is 1.43. The molecule has 76 valence electrons. The van der Waals surface area contributed by atoms with Crippen LogP contribution in [0.15, 0.2) is 0 Å². The highest BCUT2D eigenvalue weighted by molar-refractivity contribution is 5.71. The zero-order valence-corrected chi connectivity index (χ0v) is 7.52. The maximum Gasteiger partial charge on any atom is 0.345 e. The Balaban J connectivity index is 3.72. The van der Waals surface area contributed by atoms with Crippen LogP contribution in [0.4, 0.5) is 0 Å². The van der Waals surface area contributed by atoms with Crippen LogP contribution < -0.4 is 0 Å². The van der Waals surface area contributed by atoms with Gasteiger partial charge in [0, 0.05) is 6.42 Å². The molecule has 13 heavy (non-hydrogen) atoms. The van der Waals surface area contributed by atoms with Crippen LogP contribution in [0.2, 0.25) is 0 Å². The first-order valence-electron chi connectivity index (χ1n) is 4.18. The zero-order chi connectivity index (χ0) is 10.3. The largest absolute Gasteiger partial charge is 0.481 e. The van der Waals surface area contributed by atoms with Gasteiger partial charge in [-0.3, -0.25) is 4.79 Å². The highest BCUT2D eigenvalue weighted by Gasteiger charge is 2.17. The lowest BCUT2D eigenvalue weighted by molar-refractivity contribution is -0.239. The average molecular weight is 190 g/mol. The maximum atomic E-state index is 10.8. The van der Waals surface area contributed by atoms with Gasteiger partial charge in [-0.2, -0.15) is 5.26 Å². The van der Waals surface area contributed by atoms with E-state index in [1.54, 1.807) is 6.92 Å². The fraction of sp³-hybridized carbons (Fsp3) is 0.750. The monoisotopic (exact) mass is 190 g/mol. The predicted octanol–water partition coefficient (Wildman–Crippen LogP) is 1.28. The highest BCUT2D eigenvalue weighted by atomic mass is 17.1. The summed E-state index contributed by atoms with van der Waals surface area (Å²) < 4.78 is 0. The highest BCUT2D eigenvalue weighted by Crippen LogP contribution is 2.13. The Kier molecular flexibility index (Phi) is 5.88. The Morgan fingerprint density at radius 2 is 2.08 bits per heavy atom. The molecule has 0 aromatic rings. The number of hydrogen-bond donors (Lipinski definition) is 2. The van der Waals surface area contributed by atoms with Gasteiger partial charge in [-0.1, -0.05) is 6.92 Å².